The van der Waals surface area contributed by atoms with Crippen LogP contribution in [0.5, 0.6) is 0 Å². The molecule has 1 aliphatic carbocycles. The number of carboxylic acids is 1. The minimum Gasteiger partial charge on any atom is -0.478 e. The predicted octanol–water partition coefficient (Wildman–Crippen LogP) is 0.983. The number of hydrogen-bond acceptors (Lipinski definition) is 4. The zero-order valence-electron chi connectivity index (χ0n) is 14.5. The standard InChI is InChI=1S/C17H24N4O4/c1-19-14(13(11-18-19)17(24)25)16(23)21-9-7-20(8-10-21)15(22)12-5-3-2-4-6-12/h11-12H,2-10H2,1H3,(H,24,25). The van der Waals surface area contributed by atoms with Gasteiger partial charge in [0, 0.05) is 39.1 Å². The van der Waals surface area contributed by atoms with Crippen molar-refractivity contribution in [3.63, 3.8) is 0 Å². The van der Waals surface area contributed by atoms with Crippen LogP contribution in [0.3, 0.4) is 0 Å². The van der Waals surface area contributed by atoms with Crippen LogP contribution in [0, 0.1) is 5.92 Å². The third-order valence-electron chi connectivity index (χ3n) is 5.20. The van der Waals surface area contributed by atoms with Gasteiger partial charge >= 0.3 is 5.97 Å². The molecule has 0 atom stereocenters. The van der Waals surface area contributed by atoms with Gasteiger partial charge in [0.2, 0.25) is 5.91 Å². The van der Waals surface area contributed by atoms with Crippen LogP contribution in [-0.4, -0.2) is 68.6 Å². The monoisotopic (exact) mass is 348 g/mol. The van der Waals surface area contributed by atoms with Crippen molar-refractivity contribution in [2.45, 2.75) is 32.1 Å². The van der Waals surface area contributed by atoms with Crippen molar-refractivity contribution in [3.05, 3.63) is 17.5 Å². The van der Waals surface area contributed by atoms with Crippen LogP contribution >= 0.6 is 0 Å². The van der Waals surface area contributed by atoms with Crippen LogP contribution in [0.1, 0.15) is 53.0 Å². The maximum Gasteiger partial charge on any atom is 0.339 e. The molecule has 2 amide bonds. The summed E-state index contributed by atoms with van der Waals surface area (Å²) in [4.78, 5) is 40.0. The number of nitrogens with zero attached hydrogens (tertiary/aromatic N) is 4. The van der Waals surface area contributed by atoms with Crippen LogP contribution in [-0.2, 0) is 11.8 Å². The second-order valence-electron chi connectivity index (χ2n) is 6.79. The van der Waals surface area contributed by atoms with Gasteiger partial charge in [0.1, 0.15) is 11.3 Å². The molecule has 25 heavy (non-hydrogen) atoms. The van der Waals surface area contributed by atoms with Gasteiger partial charge in [0.15, 0.2) is 0 Å². The van der Waals surface area contributed by atoms with E-state index in [4.69, 9.17) is 0 Å². The number of piperazine rings is 1. The van der Waals surface area contributed by atoms with Crippen molar-refractivity contribution in [1.82, 2.24) is 19.6 Å². The second kappa shape index (κ2) is 7.25. The number of carbonyl (C=O) groups excluding carboxylic acids is 2. The van der Waals surface area contributed by atoms with Gasteiger partial charge in [0.05, 0.1) is 6.20 Å². The number of amides is 2. The van der Waals surface area contributed by atoms with E-state index in [0.29, 0.717) is 26.2 Å². The maximum absolute atomic E-state index is 12.7. The molecule has 3 rings (SSSR count). The molecule has 0 bridgehead atoms. The molecule has 1 aromatic heterocycles. The smallest absolute Gasteiger partial charge is 0.339 e. The van der Waals surface area contributed by atoms with E-state index in [-0.39, 0.29) is 29.0 Å². The van der Waals surface area contributed by atoms with E-state index in [0.717, 1.165) is 25.7 Å². The zero-order chi connectivity index (χ0) is 18.0. The molecule has 0 aromatic carbocycles. The minimum absolute atomic E-state index is 0.0829. The minimum atomic E-state index is -1.16. The van der Waals surface area contributed by atoms with Crippen molar-refractivity contribution in [1.29, 1.82) is 0 Å². The van der Waals surface area contributed by atoms with Gasteiger partial charge < -0.3 is 14.9 Å². The molecular formula is C17H24N4O4. The molecule has 1 saturated carbocycles. The predicted molar refractivity (Wildman–Crippen MR) is 89.2 cm³/mol. The SMILES string of the molecule is Cn1ncc(C(=O)O)c1C(=O)N1CCN(C(=O)C2CCCCC2)CC1. The molecule has 1 saturated heterocycles. The first kappa shape index (κ1) is 17.4. The van der Waals surface area contributed by atoms with Crippen molar-refractivity contribution in [3.8, 4) is 0 Å². The third-order valence-corrected chi connectivity index (χ3v) is 5.20. The Kier molecular flexibility index (Phi) is 5.06. The van der Waals surface area contributed by atoms with Gasteiger partial charge in [-0.25, -0.2) is 4.79 Å². The fourth-order valence-electron chi connectivity index (χ4n) is 3.74. The van der Waals surface area contributed by atoms with Crippen molar-refractivity contribution >= 4 is 17.8 Å². The maximum atomic E-state index is 12.7. The first-order chi connectivity index (χ1) is 12.0. The van der Waals surface area contributed by atoms with E-state index in [1.165, 1.54) is 17.3 Å². The summed E-state index contributed by atoms with van der Waals surface area (Å²) in [6, 6.07) is 0. The van der Waals surface area contributed by atoms with Gasteiger partial charge in [-0.05, 0) is 12.8 Å². The highest BCUT2D eigenvalue weighted by Gasteiger charge is 2.32. The Morgan fingerprint density at radius 1 is 1.04 bits per heavy atom. The van der Waals surface area contributed by atoms with E-state index in [9.17, 15) is 19.5 Å². The normalized spacial score (nSPS) is 19.1. The molecule has 8 nitrogen and oxygen atoms in total. The number of carboxylic acid groups (broad SMARTS) is 1. The van der Waals surface area contributed by atoms with Crippen molar-refractivity contribution in [2.75, 3.05) is 26.2 Å². The number of aryl methyl sites for hydroxylation is 1. The summed E-state index contributed by atoms with van der Waals surface area (Å²) in [7, 11) is 1.56. The fraction of sp³-hybridized carbons (Fsp3) is 0.647. The lowest BCUT2D eigenvalue weighted by Gasteiger charge is -2.37. The van der Waals surface area contributed by atoms with Crippen LogP contribution in [0.2, 0.25) is 0 Å². The highest BCUT2D eigenvalue weighted by Crippen LogP contribution is 2.26. The Labute approximate surface area is 146 Å². The number of carbonyl (C=O) groups is 3. The van der Waals surface area contributed by atoms with Crippen molar-refractivity contribution < 1.29 is 19.5 Å². The summed E-state index contributed by atoms with van der Waals surface area (Å²) in [5.41, 5.74) is -0.00670. The molecule has 2 heterocycles. The van der Waals surface area contributed by atoms with Crippen LogP contribution in [0.25, 0.3) is 0 Å². The molecule has 0 spiro atoms. The van der Waals surface area contributed by atoms with Gasteiger partial charge in [-0.3, -0.25) is 14.3 Å². The quantitative estimate of drug-likeness (QED) is 0.878. The molecule has 8 heteroatoms. The van der Waals surface area contributed by atoms with E-state index in [1.807, 2.05) is 4.90 Å². The van der Waals surface area contributed by atoms with Crippen molar-refractivity contribution in [2.24, 2.45) is 13.0 Å². The Balaban J connectivity index is 1.62. The Morgan fingerprint density at radius 3 is 2.24 bits per heavy atom. The molecule has 1 aromatic rings. The number of aromatic carboxylic acids is 1. The Bertz CT molecular complexity index is 670. The summed E-state index contributed by atoms with van der Waals surface area (Å²) in [5.74, 6) is -1.17. The second-order valence-corrected chi connectivity index (χ2v) is 6.79. The van der Waals surface area contributed by atoms with E-state index in [2.05, 4.69) is 5.10 Å². The summed E-state index contributed by atoms with van der Waals surface area (Å²) in [5, 5.41) is 13.1. The summed E-state index contributed by atoms with van der Waals surface area (Å²) in [6.07, 6.45) is 6.58. The lowest BCUT2D eigenvalue weighted by atomic mass is 9.88. The molecular weight excluding hydrogens is 324 g/mol. The highest BCUT2D eigenvalue weighted by molar-refractivity contribution is 6.03. The highest BCUT2D eigenvalue weighted by atomic mass is 16.4. The van der Waals surface area contributed by atoms with Crippen LogP contribution in [0.15, 0.2) is 6.20 Å². The summed E-state index contributed by atoms with van der Waals surface area (Å²) >= 11 is 0. The third kappa shape index (κ3) is 3.52. The Morgan fingerprint density at radius 2 is 1.64 bits per heavy atom. The van der Waals surface area contributed by atoms with E-state index < -0.39 is 5.97 Å². The first-order valence-corrected chi connectivity index (χ1v) is 8.82. The van der Waals surface area contributed by atoms with E-state index in [1.54, 1.807) is 11.9 Å². The molecule has 2 aliphatic rings. The fourth-order valence-corrected chi connectivity index (χ4v) is 3.74. The molecule has 0 radical (unpaired) electrons. The van der Waals surface area contributed by atoms with Crippen LogP contribution in [0.4, 0.5) is 0 Å². The molecule has 1 N–H and O–H groups in total. The largest absolute Gasteiger partial charge is 0.478 e. The average molecular weight is 348 g/mol. The van der Waals surface area contributed by atoms with Gasteiger partial charge in [0.25, 0.3) is 5.91 Å². The van der Waals surface area contributed by atoms with Gasteiger partial charge in [-0.2, -0.15) is 5.10 Å². The lowest BCUT2D eigenvalue weighted by molar-refractivity contribution is -0.138. The van der Waals surface area contributed by atoms with E-state index >= 15 is 0 Å². The van der Waals surface area contributed by atoms with Gasteiger partial charge in [-0.1, -0.05) is 19.3 Å². The number of rotatable bonds is 3. The first-order valence-electron chi connectivity index (χ1n) is 8.82. The Hall–Kier alpha value is -2.38. The molecule has 2 fully saturated rings. The van der Waals surface area contributed by atoms with Gasteiger partial charge in [-0.15, -0.1) is 0 Å². The zero-order valence-corrected chi connectivity index (χ0v) is 14.5. The lowest BCUT2D eigenvalue weighted by Crippen LogP contribution is -2.52. The summed E-state index contributed by atoms with van der Waals surface area (Å²) in [6.45, 7) is 1.84. The average Bonchev–Trinajstić information content (AvgIpc) is 3.03. The summed E-state index contributed by atoms with van der Waals surface area (Å²) < 4.78 is 1.30. The molecule has 1 aliphatic heterocycles. The number of hydrogen-bond donors (Lipinski definition) is 1. The molecule has 136 valence electrons. The topological polar surface area (TPSA) is 95.7 Å². The molecule has 0 unspecified atom stereocenters. The number of aromatic nitrogens is 2. The van der Waals surface area contributed by atoms with Crippen LogP contribution < -0.4 is 0 Å².